The Hall–Kier alpha value is -1.67. The van der Waals surface area contributed by atoms with Crippen molar-refractivity contribution in [3.63, 3.8) is 0 Å². The second-order valence-electron chi connectivity index (χ2n) is 3.77. The monoisotopic (exact) mass is 357 g/mol. The molecule has 1 amide bonds. The molecule has 8 heteroatoms. The molecule has 2 aromatic rings. The molecule has 0 saturated heterocycles. The molecule has 0 saturated carbocycles. The first-order valence-electron chi connectivity index (χ1n) is 5.60. The van der Waals surface area contributed by atoms with E-state index in [1.807, 2.05) is 0 Å². The van der Waals surface area contributed by atoms with E-state index < -0.39 is 0 Å². The van der Waals surface area contributed by atoms with Crippen LogP contribution in [0.4, 0.5) is 0 Å². The molecule has 0 aliphatic carbocycles. The summed E-state index contributed by atoms with van der Waals surface area (Å²) >= 11 is 6.95. The Balaban J connectivity index is 2.26. The van der Waals surface area contributed by atoms with Gasteiger partial charge >= 0.3 is 0 Å². The maximum absolute atomic E-state index is 11.8. The fourth-order valence-corrected chi connectivity index (χ4v) is 2.06. The quantitative estimate of drug-likeness (QED) is 0.635. The van der Waals surface area contributed by atoms with Gasteiger partial charge in [0.1, 0.15) is 12.4 Å². The summed E-state index contributed by atoms with van der Waals surface area (Å²) < 4.78 is 14.5. The highest BCUT2D eigenvalue weighted by molar-refractivity contribution is 9.08. The lowest BCUT2D eigenvalue weighted by atomic mass is 10.1. The van der Waals surface area contributed by atoms with Crippen LogP contribution in [0, 0.1) is 0 Å². The predicted octanol–water partition coefficient (Wildman–Crippen LogP) is 2.20. The third kappa shape index (κ3) is 3.26. The van der Waals surface area contributed by atoms with Crippen molar-refractivity contribution in [3.8, 4) is 11.6 Å². The van der Waals surface area contributed by atoms with Gasteiger partial charge in [0.15, 0.2) is 0 Å². The van der Waals surface area contributed by atoms with Crippen LogP contribution in [0.2, 0.25) is 0 Å². The molecule has 0 radical (unpaired) electrons. The highest BCUT2D eigenvalue weighted by Crippen LogP contribution is 2.24. The number of hydrogen-bond donors (Lipinski definition) is 2. The zero-order valence-electron chi connectivity index (χ0n) is 10.5. The van der Waals surface area contributed by atoms with E-state index in [-0.39, 0.29) is 12.5 Å². The number of amides is 1. The van der Waals surface area contributed by atoms with E-state index in [9.17, 15) is 4.79 Å². The SMILES string of the molecule is COc1cccc(C(=O)NBr)c1COc1ccn(S)n1. The molecule has 20 heavy (non-hydrogen) atoms. The van der Waals surface area contributed by atoms with Gasteiger partial charge in [-0.1, -0.05) is 6.07 Å². The number of benzene rings is 1. The van der Waals surface area contributed by atoms with Crippen LogP contribution in [-0.2, 0) is 6.61 Å². The average Bonchev–Trinajstić information content (AvgIpc) is 2.89. The predicted molar refractivity (Wildman–Crippen MR) is 80.3 cm³/mol. The van der Waals surface area contributed by atoms with Crippen molar-refractivity contribution >= 4 is 34.9 Å². The van der Waals surface area contributed by atoms with Crippen molar-refractivity contribution in [3.05, 3.63) is 41.6 Å². The molecule has 6 nitrogen and oxygen atoms in total. The number of halogens is 1. The van der Waals surface area contributed by atoms with E-state index in [0.717, 1.165) is 0 Å². The standard InChI is InChI=1S/C12H12BrN3O3S/c1-18-10-4-2-3-8(12(17)14-13)9(10)7-19-11-5-6-16(20)15-11/h2-6,20H,7H2,1H3,(H,14,17). The molecule has 0 aliphatic rings. The number of nitrogens with zero attached hydrogens (tertiary/aromatic N) is 2. The zero-order valence-corrected chi connectivity index (χ0v) is 13.0. The van der Waals surface area contributed by atoms with Gasteiger partial charge in [-0.15, -0.1) is 5.10 Å². The van der Waals surface area contributed by atoms with Crippen LogP contribution in [0.1, 0.15) is 15.9 Å². The van der Waals surface area contributed by atoms with E-state index in [1.54, 1.807) is 30.5 Å². The Morgan fingerprint density at radius 2 is 2.30 bits per heavy atom. The number of hydrogen-bond acceptors (Lipinski definition) is 5. The largest absolute Gasteiger partial charge is 0.496 e. The van der Waals surface area contributed by atoms with Crippen molar-refractivity contribution in [2.75, 3.05) is 7.11 Å². The fourth-order valence-electron chi connectivity index (χ4n) is 1.69. The maximum atomic E-state index is 11.8. The summed E-state index contributed by atoms with van der Waals surface area (Å²) in [5.41, 5.74) is 1.10. The smallest absolute Gasteiger partial charge is 0.261 e. The minimum atomic E-state index is -0.276. The lowest BCUT2D eigenvalue weighted by Gasteiger charge is -2.12. The molecule has 0 bridgehead atoms. The van der Waals surface area contributed by atoms with E-state index in [2.05, 4.69) is 38.4 Å². The molecule has 1 heterocycles. The summed E-state index contributed by atoms with van der Waals surface area (Å²) in [5, 5.41) is 3.98. The molecular weight excluding hydrogens is 346 g/mol. The number of rotatable bonds is 5. The van der Waals surface area contributed by atoms with Gasteiger partial charge in [-0.2, -0.15) is 0 Å². The molecule has 0 atom stereocenters. The van der Waals surface area contributed by atoms with Gasteiger partial charge in [0.05, 0.1) is 12.7 Å². The Bertz CT molecular complexity index is 618. The summed E-state index contributed by atoms with van der Waals surface area (Å²) in [7, 11) is 1.54. The molecule has 1 aromatic carbocycles. The lowest BCUT2D eigenvalue weighted by Crippen LogP contribution is -2.16. The number of thiol groups is 1. The van der Waals surface area contributed by atoms with E-state index in [1.165, 1.54) is 11.2 Å². The summed E-state index contributed by atoms with van der Waals surface area (Å²) in [6.07, 6.45) is 1.65. The van der Waals surface area contributed by atoms with Gasteiger partial charge < -0.3 is 9.47 Å². The summed E-state index contributed by atoms with van der Waals surface area (Å²) in [5.74, 6) is 0.710. The molecule has 2 rings (SSSR count). The lowest BCUT2D eigenvalue weighted by molar-refractivity contribution is 0.0983. The van der Waals surface area contributed by atoms with Crippen LogP contribution >= 0.6 is 29.0 Å². The highest BCUT2D eigenvalue weighted by Gasteiger charge is 2.16. The average molecular weight is 358 g/mol. The fraction of sp³-hybridized carbons (Fsp3) is 0.167. The third-order valence-electron chi connectivity index (χ3n) is 2.60. The molecule has 0 unspecified atom stereocenters. The summed E-state index contributed by atoms with van der Waals surface area (Å²) in [6, 6.07) is 6.87. The maximum Gasteiger partial charge on any atom is 0.261 e. The third-order valence-corrected chi connectivity index (χ3v) is 3.18. The van der Waals surface area contributed by atoms with Crippen LogP contribution in [0.15, 0.2) is 30.5 Å². The normalized spacial score (nSPS) is 10.2. The minimum absolute atomic E-state index is 0.157. The van der Waals surface area contributed by atoms with Crippen LogP contribution in [0.5, 0.6) is 11.6 Å². The Labute approximate surface area is 129 Å². The van der Waals surface area contributed by atoms with Crippen molar-refractivity contribution < 1.29 is 14.3 Å². The number of methoxy groups -OCH3 is 1. The minimum Gasteiger partial charge on any atom is -0.496 e. The van der Waals surface area contributed by atoms with Crippen LogP contribution in [-0.4, -0.2) is 22.2 Å². The Morgan fingerprint density at radius 1 is 1.50 bits per heavy atom. The zero-order chi connectivity index (χ0) is 14.5. The Kier molecular flexibility index (Phi) is 4.91. The van der Waals surface area contributed by atoms with Gasteiger partial charge in [0.2, 0.25) is 5.88 Å². The number of nitrogens with one attached hydrogen (secondary N) is 1. The molecule has 0 aliphatic heterocycles. The second kappa shape index (κ2) is 6.67. The highest BCUT2D eigenvalue weighted by atomic mass is 79.9. The van der Waals surface area contributed by atoms with E-state index in [0.29, 0.717) is 22.8 Å². The molecule has 1 N–H and O–H groups in total. The topological polar surface area (TPSA) is 65.4 Å². The van der Waals surface area contributed by atoms with Crippen molar-refractivity contribution in [2.24, 2.45) is 0 Å². The van der Waals surface area contributed by atoms with Gasteiger partial charge in [-0.3, -0.25) is 9.14 Å². The van der Waals surface area contributed by atoms with E-state index >= 15 is 0 Å². The van der Waals surface area contributed by atoms with Crippen LogP contribution in [0.3, 0.4) is 0 Å². The first-order chi connectivity index (χ1) is 9.65. The number of carbonyl (C=O) groups excluding carboxylic acids is 1. The summed E-state index contributed by atoms with van der Waals surface area (Å²) in [4.78, 5) is 11.8. The molecule has 0 fully saturated rings. The first-order valence-corrected chi connectivity index (χ1v) is 6.79. The van der Waals surface area contributed by atoms with Gasteiger partial charge in [0.25, 0.3) is 5.91 Å². The number of ether oxygens (including phenoxy) is 2. The number of aromatic nitrogens is 2. The van der Waals surface area contributed by atoms with Gasteiger partial charge in [-0.25, -0.2) is 4.09 Å². The first kappa shape index (κ1) is 14.7. The number of carbonyl (C=O) groups is 1. The Morgan fingerprint density at radius 3 is 2.90 bits per heavy atom. The van der Waals surface area contributed by atoms with E-state index in [4.69, 9.17) is 9.47 Å². The molecule has 1 aromatic heterocycles. The van der Waals surface area contributed by atoms with Crippen LogP contribution in [0.25, 0.3) is 0 Å². The molecular formula is C12H12BrN3O3S. The van der Waals surface area contributed by atoms with Gasteiger partial charge in [-0.05, 0) is 24.9 Å². The molecule has 0 spiro atoms. The van der Waals surface area contributed by atoms with Crippen LogP contribution < -0.4 is 13.8 Å². The van der Waals surface area contributed by atoms with Crippen molar-refractivity contribution in [2.45, 2.75) is 6.61 Å². The molecule has 106 valence electrons. The van der Waals surface area contributed by atoms with Gasteiger partial charge in [0, 0.05) is 34.0 Å². The van der Waals surface area contributed by atoms with Crippen molar-refractivity contribution in [1.29, 1.82) is 0 Å². The van der Waals surface area contributed by atoms with Crippen molar-refractivity contribution in [1.82, 2.24) is 13.5 Å². The second-order valence-corrected chi connectivity index (χ2v) is 4.58. The summed E-state index contributed by atoms with van der Waals surface area (Å²) in [6.45, 7) is 0.157.